The van der Waals surface area contributed by atoms with Gasteiger partial charge in [-0.1, -0.05) is 55.0 Å². The predicted molar refractivity (Wildman–Crippen MR) is 128 cm³/mol. The molecule has 2 aromatic rings. The van der Waals surface area contributed by atoms with Gasteiger partial charge < -0.3 is 10.2 Å². The van der Waals surface area contributed by atoms with Crippen molar-refractivity contribution in [3.05, 3.63) is 64.7 Å². The average molecular weight is 460 g/mol. The summed E-state index contributed by atoms with van der Waals surface area (Å²) in [5.41, 5.74) is 3.92. The number of anilines is 1. The highest BCUT2D eigenvalue weighted by Gasteiger charge is 2.32. The standard InChI is InChI=1S/C24H33N3O4S/c1-7-21(24(29)25-5)26(15-20-13-8-10-17(2)14-20)22(28)16-27(32(6,30)31)23-18(3)11-9-12-19(23)4/h8-14,21H,7,15-16H2,1-6H3,(H,25,29)/t21-/m0/s1. The number of likely N-dealkylation sites (N-methyl/N-ethyl adjacent to an activating group) is 1. The van der Waals surface area contributed by atoms with Gasteiger partial charge >= 0.3 is 0 Å². The van der Waals surface area contributed by atoms with Crippen LogP contribution in [-0.2, 0) is 26.2 Å². The molecule has 0 aliphatic heterocycles. The molecule has 8 heteroatoms. The maximum absolute atomic E-state index is 13.5. The van der Waals surface area contributed by atoms with E-state index in [9.17, 15) is 18.0 Å². The SMILES string of the molecule is CC[C@@H](C(=O)NC)N(Cc1cccc(C)c1)C(=O)CN(c1c(C)cccc1C)S(C)(=O)=O. The third kappa shape index (κ3) is 6.09. The van der Waals surface area contributed by atoms with Crippen LogP contribution in [0.3, 0.4) is 0 Å². The van der Waals surface area contributed by atoms with Crippen molar-refractivity contribution in [1.82, 2.24) is 10.2 Å². The fourth-order valence-electron chi connectivity index (χ4n) is 3.87. The summed E-state index contributed by atoms with van der Waals surface area (Å²) in [6.07, 6.45) is 1.49. The van der Waals surface area contributed by atoms with E-state index in [0.29, 0.717) is 12.1 Å². The third-order valence-electron chi connectivity index (χ3n) is 5.44. The van der Waals surface area contributed by atoms with Gasteiger partial charge in [-0.2, -0.15) is 0 Å². The van der Waals surface area contributed by atoms with E-state index in [1.807, 2.05) is 70.2 Å². The maximum atomic E-state index is 13.5. The summed E-state index contributed by atoms with van der Waals surface area (Å²) in [4.78, 5) is 27.6. The van der Waals surface area contributed by atoms with Crippen molar-refractivity contribution in [1.29, 1.82) is 0 Å². The third-order valence-corrected chi connectivity index (χ3v) is 6.55. The van der Waals surface area contributed by atoms with Gasteiger partial charge in [0, 0.05) is 13.6 Å². The lowest BCUT2D eigenvalue weighted by Crippen LogP contribution is -2.51. The Balaban J connectivity index is 2.49. The van der Waals surface area contributed by atoms with Gasteiger partial charge in [-0.15, -0.1) is 0 Å². The van der Waals surface area contributed by atoms with Gasteiger partial charge in [0.2, 0.25) is 21.8 Å². The van der Waals surface area contributed by atoms with Crippen LogP contribution >= 0.6 is 0 Å². The molecule has 0 bridgehead atoms. The Labute approximate surface area is 191 Å². The van der Waals surface area contributed by atoms with E-state index in [-0.39, 0.29) is 19.0 Å². The molecule has 32 heavy (non-hydrogen) atoms. The molecule has 2 amide bonds. The van der Waals surface area contributed by atoms with Crippen LogP contribution in [0.15, 0.2) is 42.5 Å². The zero-order valence-corrected chi connectivity index (χ0v) is 20.5. The van der Waals surface area contributed by atoms with E-state index in [1.54, 1.807) is 0 Å². The molecule has 0 radical (unpaired) electrons. The number of carbonyl (C=O) groups is 2. The van der Waals surface area contributed by atoms with Crippen LogP contribution < -0.4 is 9.62 Å². The number of para-hydroxylation sites is 1. The van der Waals surface area contributed by atoms with Crippen molar-refractivity contribution >= 4 is 27.5 Å². The van der Waals surface area contributed by atoms with Gasteiger partial charge in [0.25, 0.3) is 0 Å². The molecule has 2 aromatic carbocycles. The van der Waals surface area contributed by atoms with E-state index >= 15 is 0 Å². The molecule has 0 aliphatic rings. The molecule has 174 valence electrons. The zero-order chi connectivity index (χ0) is 24.1. The van der Waals surface area contributed by atoms with Crippen molar-refractivity contribution in [2.24, 2.45) is 0 Å². The van der Waals surface area contributed by atoms with Crippen molar-refractivity contribution in [2.45, 2.75) is 46.7 Å². The highest BCUT2D eigenvalue weighted by molar-refractivity contribution is 7.92. The molecule has 0 aromatic heterocycles. The van der Waals surface area contributed by atoms with E-state index in [0.717, 1.165) is 32.8 Å². The number of aryl methyl sites for hydroxylation is 3. The average Bonchev–Trinajstić information content (AvgIpc) is 2.71. The van der Waals surface area contributed by atoms with Crippen LogP contribution in [0.1, 0.15) is 35.6 Å². The second kappa shape index (κ2) is 10.6. The summed E-state index contributed by atoms with van der Waals surface area (Å²) < 4.78 is 26.5. The fraction of sp³-hybridized carbons (Fsp3) is 0.417. The molecule has 0 saturated carbocycles. The highest BCUT2D eigenvalue weighted by atomic mass is 32.2. The number of amides is 2. The molecule has 0 unspecified atom stereocenters. The van der Waals surface area contributed by atoms with Gasteiger partial charge in [-0.25, -0.2) is 8.42 Å². The molecular formula is C24H33N3O4S. The first-order chi connectivity index (χ1) is 15.0. The number of hydrogen-bond acceptors (Lipinski definition) is 4. The van der Waals surface area contributed by atoms with Crippen LogP contribution in [-0.4, -0.2) is 51.0 Å². The van der Waals surface area contributed by atoms with Gasteiger partial charge in [-0.3, -0.25) is 13.9 Å². The summed E-state index contributed by atoms with van der Waals surface area (Å²) >= 11 is 0. The predicted octanol–water partition coefficient (Wildman–Crippen LogP) is 2.93. The molecule has 0 saturated heterocycles. The Morgan fingerprint density at radius 3 is 2.12 bits per heavy atom. The monoisotopic (exact) mass is 459 g/mol. The molecule has 1 atom stereocenters. The van der Waals surface area contributed by atoms with Crippen molar-refractivity contribution in [2.75, 3.05) is 24.2 Å². The van der Waals surface area contributed by atoms with Crippen LogP contribution in [0.25, 0.3) is 0 Å². The number of nitrogens with one attached hydrogen (secondary N) is 1. The quantitative estimate of drug-likeness (QED) is 0.625. The normalized spacial score (nSPS) is 12.2. The van der Waals surface area contributed by atoms with Crippen LogP contribution in [0.4, 0.5) is 5.69 Å². The lowest BCUT2D eigenvalue weighted by atomic mass is 10.1. The van der Waals surface area contributed by atoms with E-state index in [2.05, 4.69) is 5.32 Å². The van der Waals surface area contributed by atoms with E-state index < -0.39 is 22.0 Å². The number of benzene rings is 2. The second-order valence-corrected chi connectivity index (χ2v) is 9.97. The lowest BCUT2D eigenvalue weighted by molar-refractivity contribution is -0.140. The molecular weight excluding hydrogens is 426 g/mol. The molecule has 2 rings (SSSR count). The van der Waals surface area contributed by atoms with Gasteiger partial charge in [0.1, 0.15) is 12.6 Å². The number of carbonyl (C=O) groups excluding carboxylic acids is 2. The first-order valence-corrected chi connectivity index (χ1v) is 12.4. The Bertz CT molecular complexity index is 1060. The molecule has 0 heterocycles. The summed E-state index contributed by atoms with van der Waals surface area (Å²) in [5, 5.41) is 2.62. The van der Waals surface area contributed by atoms with Gasteiger partial charge in [-0.05, 0) is 43.9 Å². The van der Waals surface area contributed by atoms with E-state index in [4.69, 9.17) is 0 Å². The first-order valence-electron chi connectivity index (χ1n) is 10.6. The summed E-state index contributed by atoms with van der Waals surface area (Å²) in [6, 6.07) is 12.5. The molecule has 0 fully saturated rings. The minimum atomic E-state index is -3.74. The largest absolute Gasteiger partial charge is 0.357 e. The summed E-state index contributed by atoms with van der Waals surface area (Å²) in [5.74, 6) is -0.721. The molecule has 0 spiro atoms. The minimum absolute atomic E-state index is 0.205. The topological polar surface area (TPSA) is 86.8 Å². The van der Waals surface area contributed by atoms with E-state index in [1.165, 1.54) is 11.9 Å². The summed E-state index contributed by atoms with van der Waals surface area (Å²) in [7, 11) is -2.22. The fourth-order valence-corrected chi connectivity index (χ4v) is 4.83. The molecule has 0 aliphatic carbocycles. The lowest BCUT2D eigenvalue weighted by Gasteiger charge is -2.33. The Kier molecular flexibility index (Phi) is 8.44. The Morgan fingerprint density at radius 2 is 1.62 bits per heavy atom. The number of rotatable bonds is 9. The maximum Gasteiger partial charge on any atom is 0.244 e. The number of sulfonamides is 1. The van der Waals surface area contributed by atoms with Gasteiger partial charge in [0.15, 0.2) is 0 Å². The zero-order valence-electron chi connectivity index (χ0n) is 19.7. The van der Waals surface area contributed by atoms with Crippen molar-refractivity contribution in [3.8, 4) is 0 Å². The van der Waals surface area contributed by atoms with Gasteiger partial charge in [0.05, 0.1) is 11.9 Å². The van der Waals surface area contributed by atoms with Crippen molar-refractivity contribution in [3.63, 3.8) is 0 Å². The Morgan fingerprint density at radius 1 is 1.03 bits per heavy atom. The van der Waals surface area contributed by atoms with Crippen LogP contribution in [0.2, 0.25) is 0 Å². The number of hydrogen-bond donors (Lipinski definition) is 1. The molecule has 1 N–H and O–H groups in total. The van der Waals surface area contributed by atoms with Crippen LogP contribution in [0, 0.1) is 20.8 Å². The smallest absolute Gasteiger partial charge is 0.244 e. The summed E-state index contributed by atoms with van der Waals surface area (Å²) in [6.45, 7) is 7.23. The van der Waals surface area contributed by atoms with Crippen LogP contribution in [0.5, 0.6) is 0 Å². The molecule has 7 nitrogen and oxygen atoms in total. The minimum Gasteiger partial charge on any atom is -0.357 e. The second-order valence-electron chi connectivity index (χ2n) is 8.06. The first kappa shape index (κ1) is 25.4. The van der Waals surface area contributed by atoms with Crippen molar-refractivity contribution < 1.29 is 18.0 Å². The Hall–Kier alpha value is -2.87. The number of nitrogens with zero attached hydrogens (tertiary/aromatic N) is 2. The highest BCUT2D eigenvalue weighted by Crippen LogP contribution is 2.27.